The molecule has 0 aromatic heterocycles. The van der Waals surface area contributed by atoms with Gasteiger partial charge in [-0.2, -0.15) is 0 Å². The third-order valence-electron chi connectivity index (χ3n) is 4.87. The molecule has 0 aliphatic carbocycles. The first-order valence-corrected chi connectivity index (χ1v) is 9.74. The highest BCUT2D eigenvalue weighted by Crippen LogP contribution is 2.16. The first-order chi connectivity index (χ1) is 14.6. The Morgan fingerprint density at radius 1 is 0.933 bits per heavy atom. The molecule has 1 unspecified atom stereocenters. The van der Waals surface area contributed by atoms with Crippen LogP contribution in [-0.2, 0) is 0 Å². The molecule has 0 bridgehead atoms. The zero-order valence-corrected chi connectivity index (χ0v) is 16.6. The van der Waals surface area contributed by atoms with Gasteiger partial charge < -0.3 is 21.6 Å². The van der Waals surface area contributed by atoms with Crippen molar-refractivity contribution >= 4 is 17.3 Å². The molecule has 0 spiro atoms. The summed E-state index contributed by atoms with van der Waals surface area (Å²) in [7, 11) is 0. The van der Waals surface area contributed by atoms with Crippen molar-refractivity contribution in [3.63, 3.8) is 0 Å². The van der Waals surface area contributed by atoms with Gasteiger partial charge in [-0.1, -0.05) is 78.9 Å². The van der Waals surface area contributed by atoms with Crippen molar-refractivity contribution < 1.29 is 9.90 Å². The van der Waals surface area contributed by atoms with Crippen molar-refractivity contribution in [2.24, 2.45) is 5.73 Å². The normalized spacial score (nSPS) is 12.2. The first-order valence-electron chi connectivity index (χ1n) is 9.74. The summed E-state index contributed by atoms with van der Waals surface area (Å²) in [5, 5.41) is 21.0. The molecule has 3 aromatic rings. The van der Waals surface area contributed by atoms with Crippen LogP contribution in [0.2, 0.25) is 0 Å². The Bertz CT molecular complexity index is 1030. The van der Waals surface area contributed by atoms with Crippen molar-refractivity contribution in [2.45, 2.75) is 5.92 Å². The molecule has 5 nitrogen and oxygen atoms in total. The van der Waals surface area contributed by atoms with Crippen LogP contribution in [0.25, 0.3) is 5.70 Å². The minimum Gasteiger partial charge on any atom is -0.398 e. The predicted molar refractivity (Wildman–Crippen MR) is 120 cm³/mol. The van der Waals surface area contributed by atoms with Crippen LogP contribution >= 0.6 is 0 Å². The summed E-state index contributed by atoms with van der Waals surface area (Å²) >= 11 is 0. The number of aliphatic hydroxyl groups excluding tert-OH is 1. The molecule has 152 valence electrons. The average molecular weight is 399 g/mol. The number of hydrogen-bond acceptors (Lipinski definition) is 4. The molecule has 0 aliphatic heterocycles. The number of carbonyl (C=O) groups excluding carboxylic acids is 1. The maximum atomic E-state index is 12.8. The number of hydrogen-bond donors (Lipinski definition) is 4. The highest BCUT2D eigenvalue weighted by molar-refractivity contribution is 6.15. The molecular formula is C25H25N3O2. The maximum absolute atomic E-state index is 12.8. The summed E-state index contributed by atoms with van der Waals surface area (Å²) in [6, 6.07) is 25.9. The Labute approximate surface area is 176 Å². The largest absolute Gasteiger partial charge is 0.398 e. The van der Waals surface area contributed by atoms with E-state index in [1.807, 2.05) is 60.7 Å². The molecule has 0 fully saturated rings. The molecule has 0 saturated carbocycles. The number of nitrogens with one attached hydrogen (secondary N) is 2. The van der Waals surface area contributed by atoms with Gasteiger partial charge in [0, 0.05) is 29.3 Å². The van der Waals surface area contributed by atoms with Gasteiger partial charge in [0.15, 0.2) is 0 Å². The number of aliphatic hydroxyl groups is 1. The Balaban J connectivity index is 1.76. The topological polar surface area (TPSA) is 99.2 Å². The molecule has 1 amide bonds. The second kappa shape index (κ2) is 10.2. The number of benzene rings is 3. The highest BCUT2D eigenvalue weighted by Gasteiger charge is 2.16. The van der Waals surface area contributed by atoms with Gasteiger partial charge in [0.2, 0.25) is 0 Å². The molecule has 0 heterocycles. The Hall–Kier alpha value is -3.70. The molecule has 0 radical (unpaired) electrons. The Morgan fingerprint density at radius 3 is 2.13 bits per heavy atom. The van der Waals surface area contributed by atoms with Gasteiger partial charge in [-0.05, 0) is 23.3 Å². The van der Waals surface area contributed by atoms with Gasteiger partial charge in [0.25, 0.3) is 5.91 Å². The molecule has 30 heavy (non-hydrogen) atoms. The van der Waals surface area contributed by atoms with Crippen LogP contribution in [0, 0.1) is 5.41 Å². The summed E-state index contributed by atoms with van der Waals surface area (Å²) in [6.45, 7) is 0.223. The zero-order chi connectivity index (χ0) is 21.3. The predicted octanol–water partition coefficient (Wildman–Crippen LogP) is 3.56. The van der Waals surface area contributed by atoms with Gasteiger partial charge in [-0.3, -0.25) is 4.79 Å². The molecule has 0 saturated heterocycles. The van der Waals surface area contributed by atoms with Crippen LogP contribution in [0.15, 0.2) is 91.0 Å². The summed E-state index contributed by atoms with van der Waals surface area (Å²) in [5.74, 6) is -0.494. The molecule has 0 aliphatic rings. The monoisotopic (exact) mass is 399 g/mol. The number of amides is 1. The third-order valence-corrected chi connectivity index (χ3v) is 4.87. The maximum Gasteiger partial charge on any atom is 0.251 e. The third kappa shape index (κ3) is 5.21. The van der Waals surface area contributed by atoms with E-state index < -0.39 is 0 Å². The van der Waals surface area contributed by atoms with Crippen molar-refractivity contribution in [3.05, 3.63) is 113 Å². The Morgan fingerprint density at radius 2 is 1.50 bits per heavy atom. The van der Waals surface area contributed by atoms with E-state index in [4.69, 9.17) is 11.1 Å². The fraction of sp³-hybridized carbons (Fsp3) is 0.120. The van der Waals surface area contributed by atoms with E-state index in [2.05, 4.69) is 5.32 Å². The lowest BCUT2D eigenvalue weighted by atomic mass is 9.98. The van der Waals surface area contributed by atoms with Crippen molar-refractivity contribution in [2.75, 3.05) is 13.2 Å². The van der Waals surface area contributed by atoms with E-state index in [0.717, 1.165) is 11.1 Å². The molecule has 3 rings (SSSR count). The number of nitrogens with two attached hydrogens (primary N) is 1. The molecule has 5 N–H and O–H groups in total. The van der Waals surface area contributed by atoms with E-state index in [9.17, 15) is 9.90 Å². The standard InChI is InChI=1S/C25H25N3O2/c26-23(19-11-5-2-6-12-19)15-24(27)21-13-7-8-14-22(21)25(30)28-16-20(17-29)18-9-3-1-4-10-18/h1-15,20,27,29H,16-17,26H2,(H,28,30)/b23-15-,27-24?. The lowest BCUT2D eigenvalue weighted by Gasteiger charge is -2.16. The van der Waals surface area contributed by atoms with Crippen LogP contribution in [0.3, 0.4) is 0 Å². The second-order valence-corrected chi connectivity index (χ2v) is 6.93. The van der Waals surface area contributed by atoms with E-state index in [0.29, 0.717) is 23.4 Å². The number of carbonyl (C=O) groups is 1. The van der Waals surface area contributed by atoms with Crippen LogP contribution in [0.1, 0.15) is 33.0 Å². The van der Waals surface area contributed by atoms with E-state index in [-0.39, 0.29) is 24.1 Å². The molecule has 1 atom stereocenters. The first kappa shape index (κ1) is 21.0. The van der Waals surface area contributed by atoms with Crippen molar-refractivity contribution in [1.82, 2.24) is 5.32 Å². The number of rotatable bonds is 8. The van der Waals surface area contributed by atoms with Gasteiger partial charge >= 0.3 is 0 Å². The quantitative estimate of drug-likeness (QED) is 0.436. The summed E-state index contributed by atoms with van der Waals surface area (Å²) in [4.78, 5) is 12.8. The number of allylic oxidation sites excluding steroid dienone is 1. The summed E-state index contributed by atoms with van der Waals surface area (Å²) in [6.07, 6.45) is 1.56. The fourth-order valence-electron chi connectivity index (χ4n) is 3.19. The zero-order valence-electron chi connectivity index (χ0n) is 16.6. The minimum absolute atomic E-state index is 0.0713. The SMILES string of the molecule is N=C(/C=C(\N)c1ccccc1)c1ccccc1C(=O)NCC(CO)c1ccccc1. The lowest BCUT2D eigenvalue weighted by Crippen LogP contribution is -2.30. The van der Waals surface area contributed by atoms with Gasteiger partial charge in [-0.15, -0.1) is 0 Å². The van der Waals surface area contributed by atoms with Gasteiger partial charge in [-0.25, -0.2) is 0 Å². The smallest absolute Gasteiger partial charge is 0.251 e. The van der Waals surface area contributed by atoms with Crippen molar-refractivity contribution in [1.29, 1.82) is 5.41 Å². The lowest BCUT2D eigenvalue weighted by molar-refractivity contribution is 0.0947. The van der Waals surface area contributed by atoms with Crippen LogP contribution in [0.4, 0.5) is 0 Å². The van der Waals surface area contributed by atoms with Crippen LogP contribution < -0.4 is 11.1 Å². The van der Waals surface area contributed by atoms with E-state index in [1.54, 1.807) is 30.3 Å². The second-order valence-electron chi connectivity index (χ2n) is 6.93. The molecule has 3 aromatic carbocycles. The van der Waals surface area contributed by atoms with Crippen LogP contribution in [0.5, 0.6) is 0 Å². The molecular weight excluding hydrogens is 374 g/mol. The molecule has 5 heteroatoms. The highest BCUT2D eigenvalue weighted by atomic mass is 16.3. The van der Waals surface area contributed by atoms with Crippen molar-refractivity contribution in [3.8, 4) is 0 Å². The fourth-order valence-corrected chi connectivity index (χ4v) is 3.19. The van der Waals surface area contributed by atoms with Gasteiger partial charge in [0.1, 0.15) is 0 Å². The van der Waals surface area contributed by atoms with Gasteiger partial charge in [0.05, 0.1) is 12.3 Å². The minimum atomic E-state index is -0.295. The van der Waals surface area contributed by atoms with Crippen LogP contribution in [-0.4, -0.2) is 29.9 Å². The van der Waals surface area contributed by atoms with E-state index >= 15 is 0 Å². The summed E-state index contributed by atoms with van der Waals surface area (Å²) in [5.41, 5.74) is 9.41. The summed E-state index contributed by atoms with van der Waals surface area (Å²) < 4.78 is 0. The van der Waals surface area contributed by atoms with E-state index in [1.165, 1.54) is 0 Å². The Kier molecular flexibility index (Phi) is 7.14. The average Bonchev–Trinajstić information content (AvgIpc) is 2.80.